The Morgan fingerprint density at radius 3 is 2.70 bits per heavy atom. The van der Waals surface area contributed by atoms with Crippen LogP contribution in [0.25, 0.3) is 11.0 Å². The predicted molar refractivity (Wildman–Crippen MR) is 128 cm³/mol. The Balaban J connectivity index is 1.45. The van der Waals surface area contributed by atoms with Gasteiger partial charge in [0.05, 0.1) is 47.0 Å². The Kier molecular flexibility index (Phi) is 6.09. The molecule has 3 heterocycles. The van der Waals surface area contributed by atoms with Gasteiger partial charge in [-0.15, -0.1) is 0 Å². The van der Waals surface area contributed by atoms with Crippen LogP contribution in [0.1, 0.15) is 19.3 Å². The van der Waals surface area contributed by atoms with Gasteiger partial charge >= 0.3 is 0 Å². The highest BCUT2D eigenvalue weighted by Gasteiger charge is 2.27. The molecule has 176 valence electrons. The molecule has 1 aromatic carbocycles. The largest absolute Gasteiger partial charge is 0.495 e. The molecule has 2 aliphatic rings. The van der Waals surface area contributed by atoms with E-state index in [0.717, 1.165) is 23.9 Å². The first-order valence-electron chi connectivity index (χ1n) is 10.9. The van der Waals surface area contributed by atoms with Gasteiger partial charge in [-0.25, -0.2) is 13.4 Å². The van der Waals surface area contributed by atoms with Gasteiger partial charge in [-0.2, -0.15) is 4.31 Å². The fraction of sp³-hybridized carbons (Fsp3) is 0.409. The monoisotopic (exact) mass is 491 g/mol. The molecular weight excluding hydrogens is 466 g/mol. The molecule has 9 nitrogen and oxygen atoms in total. The molecule has 5 rings (SSSR count). The van der Waals surface area contributed by atoms with E-state index in [-0.39, 0.29) is 4.90 Å². The summed E-state index contributed by atoms with van der Waals surface area (Å²) in [6.45, 7) is 1.46. The summed E-state index contributed by atoms with van der Waals surface area (Å²) in [7, 11) is -2.12. The molecule has 1 aliphatic carbocycles. The van der Waals surface area contributed by atoms with Gasteiger partial charge in [0.15, 0.2) is 0 Å². The van der Waals surface area contributed by atoms with Crippen molar-refractivity contribution < 1.29 is 17.9 Å². The summed E-state index contributed by atoms with van der Waals surface area (Å²) in [5.74, 6) is 0.995. The standard InChI is InChI=1S/C22H26ClN5O4S/c1-31-19-11-15(33(29,30)28-7-9-32-10-8-28)5-6-17(19)26-20-12-18(25-14-3-2-4-14)21-16(23)13-24-22(21)27-20/h5-6,11-14H,2-4,7-10H2,1H3,(H3,24,25,26,27). The van der Waals surface area contributed by atoms with Gasteiger partial charge in [0.1, 0.15) is 17.2 Å². The van der Waals surface area contributed by atoms with E-state index in [1.165, 1.54) is 23.9 Å². The summed E-state index contributed by atoms with van der Waals surface area (Å²) in [5, 5.41) is 8.29. The third-order valence-electron chi connectivity index (χ3n) is 6.10. The molecule has 3 N–H and O–H groups in total. The second-order valence-electron chi connectivity index (χ2n) is 8.19. The number of halogens is 1. The maximum Gasteiger partial charge on any atom is 0.243 e. The number of rotatable bonds is 7. The number of morpholine rings is 1. The Labute approximate surface area is 197 Å². The third-order valence-corrected chi connectivity index (χ3v) is 8.29. The highest BCUT2D eigenvalue weighted by molar-refractivity contribution is 7.89. The van der Waals surface area contributed by atoms with Crippen LogP contribution in [0.5, 0.6) is 5.75 Å². The molecule has 0 unspecified atom stereocenters. The van der Waals surface area contributed by atoms with Crippen LogP contribution in [-0.2, 0) is 14.8 Å². The average Bonchev–Trinajstić information content (AvgIpc) is 3.17. The molecular formula is C22H26ClN5O4S. The molecule has 2 fully saturated rings. The Morgan fingerprint density at radius 2 is 2.00 bits per heavy atom. The zero-order valence-electron chi connectivity index (χ0n) is 18.2. The summed E-state index contributed by atoms with van der Waals surface area (Å²) < 4.78 is 38.2. The molecule has 11 heteroatoms. The lowest BCUT2D eigenvalue weighted by molar-refractivity contribution is 0.0730. The maximum absolute atomic E-state index is 13.0. The van der Waals surface area contributed by atoms with Crippen molar-refractivity contribution in [2.24, 2.45) is 0 Å². The zero-order valence-corrected chi connectivity index (χ0v) is 19.8. The van der Waals surface area contributed by atoms with E-state index in [4.69, 9.17) is 21.1 Å². The van der Waals surface area contributed by atoms with E-state index in [9.17, 15) is 8.42 Å². The second kappa shape index (κ2) is 9.02. The number of fused-ring (bicyclic) bond motifs is 1. The summed E-state index contributed by atoms with van der Waals surface area (Å²) in [4.78, 5) is 7.92. The van der Waals surface area contributed by atoms with Gasteiger partial charge in [-0.3, -0.25) is 0 Å². The van der Waals surface area contributed by atoms with Crippen molar-refractivity contribution in [3.63, 3.8) is 0 Å². The normalized spacial score (nSPS) is 17.6. The number of nitrogens with one attached hydrogen (secondary N) is 3. The van der Waals surface area contributed by atoms with E-state index in [2.05, 4.69) is 20.6 Å². The van der Waals surface area contributed by atoms with Crippen LogP contribution >= 0.6 is 11.6 Å². The van der Waals surface area contributed by atoms with Crippen molar-refractivity contribution in [3.8, 4) is 5.75 Å². The molecule has 33 heavy (non-hydrogen) atoms. The lowest BCUT2D eigenvalue weighted by Crippen LogP contribution is -2.40. The molecule has 0 bridgehead atoms. The van der Waals surface area contributed by atoms with Crippen LogP contribution in [0.3, 0.4) is 0 Å². The van der Waals surface area contributed by atoms with Gasteiger partial charge in [0.25, 0.3) is 0 Å². The van der Waals surface area contributed by atoms with Crippen LogP contribution in [0.2, 0.25) is 5.02 Å². The van der Waals surface area contributed by atoms with Crippen molar-refractivity contribution in [2.45, 2.75) is 30.2 Å². The maximum atomic E-state index is 13.0. The minimum Gasteiger partial charge on any atom is -0.495 e. The molecule has 2 aromatic heterocycles. The van der Waals surface area contributed by atoms with Crippen LogP contribution in [0, 0.1) is 0 Å². The molecule has 1 aliphatic heterocycles. The number of anilines is 3. The highest BCUT2D eigenvalue weighted by atomic mass is 35.5. The van der Waals surface area contributed by atoms with Gasteiger partial charge < -0.3 is 25.1 Å². The van der Waals surface area contributed by atoms with Crippen molar-refractivity contribution in [3.05, 3.63) is 35.5 Å². The number of methoxy groups -OCH3 is 1. The van der Waals surface area contributed by atoms with Crippen LogP contribution in [-0.4, -0.2) is 62.1 Å². The smallest absolute Gasteiger partial charge is 0.243 e. The van der Waals surface area contributed by atoms with Gasteiger partial charge in [0, 0.05) is 37.5 Å². The Morgan fingerprint density at radius 1 is 1.21 bits per heavy atom. The molecule has 3 aromatic rings. The van der Waals surface area contributed by atoms with E-state index in [1.54, 1.807) is 18.3 Å². The minimum absolute atomic E-state index is 0.179. The number of nitrogens with zero attached hydrogens (tertiary/aromatic N) is 2. The number of pyridine rings is 1. The summed E-state index contributed by atoms with van der Waals surface area (Å²) in [5.41, 5.74) is 2.18. The lowest BCUT2D eigenvalue weighted by Gasteiger charge is -2.28. The third kappa shape index (κ3) is 4.35. The summed E-state index contributed by atoms with van der Waals surface area (Å²) >= 11 is 6.39. The quantitative estimate of drug-likeness (QED) is 0.459. The Hall–Kier alpha value is -2.53. The average molecular weight is 492 g/mol. The highest BCUT2D eigenvalue weighted by Crippen LogP contribution is 2.36. The van der Waals surface area contributed by atoms with Crippen molar-refractivity contribution in [2.75, 3.05) is 44.0 Å². The first kappa shape index (κ1) is 22.3. The number of aromatic amines is 1. The topological polar surface area (TPSA) is 109 Å². The summed E-state index contributed by atoms with van der Waals surface area (Å²) in [6.07, 6.45) is 5.19. The van der Waals surface area contributed by atoms with Crippen molar-refractivity contribution in [1.82, 2.24) is 14.3 Å². The lowest BCUT2D eigenvalue weighted by atomic mass is 9.93. The molecule has 0 radical (unpaired) electrons. The SMILES string of the molecule is COc1cc(S(=O)(=O)N2CCOCC2)ccc1Nc1cc(NC2CCC2)c2c(Cl)c[nH]c2n1. The zero-order chi connectivity index (χ0) is 23.0. The van der Waals surface area contributed by atoms with E-state index < -0.39 is 10.0 Å². The van der Waals surface area contributed by atoms with Crippen LogP contribution in [0.4, 0.5) is 17.2 Å². The number of sulfonamides is 1. The van der Waals surface area contributed by atoms with Crippen molar-refractivity contribution >= 4 is 49.9 Å². The van der Waals surface area contributed by atoms with Gasteiger partial charge in [-0.1, -0.05) is 11.6 Å². The molecule has 0 atom stereocenters. The number of ether oxygens (including phenoxy) is 2. The van der Waals surface area contributed by atoms with Crippen LogP contribution < -0.4 is 15.4 Å². The fourth-order valence-electron chi connectivity index (χ4n) is 4.05. The fourth-order valence-corrected chi connectivity index (χ4v) is 5.72. The van der Waals surface area contributed by atoms with E-state index in [1.807, 2.05) is 6.07 Å². The van der Waals surface area contributed by atoms with E-state index in [0.29, 0.717) is 60.3 Å². The number of hydrogen-bond acceptors (Lipinski definition) is 7. The molecule has 0 spiro atoms. The first-order valence-corrected chi connectivity index (χ1v) is 12.7. The first-order chi connectivity index (χ1) is 16.0. The number of hydrogen-bond donors (Lipinski definition) is 3. The molecule has 1 saturated heterocycles. The number of benzene rings is 1. The van der Waals surface area contributed by atoms with Gasteiger partial charge in [-0.05, 0) is 31.4 Å². The second-order valence-corrected chi connectivity index (χ2v) is 10.5. The van der Waals surface area contributed by atoms with E-state index >= 15 is 0 Å². The van der Waals surface area contributed by atoms with Gasteiger partial charge in [0.2, 0.25) is 10.0 Å². The summed E-state index contributed by atoms with van der Waals surface area (Å²) in [6, 6.07) is 7.14. The Bertz CT molecular complexity index is 1270. The molecule has 0 amide bonds. The van der Waals surface area contributed by atoms with Crippen LogP contribution in [0.15, 0.2) is 35.4 Å². The number of aromatic nitrogens is 2. The van der Waals surface area contributed by atoms with Crippen molar-refractivity contribution in [1.29, 1.82) is 0 Å². The molecule has 1 saturated carbocycles. The predicted octanol–water partition coefficient (Wildman–Crippen LogP) is 3.95. The minimum atomic E-state index is -3.63. The number of H-pyrrole nitrogens is 1.